The monoisotopic (exact) mass is 444 g/mol. The number of rotatable bonds is 10. The summed E-state index contributed by atoms with van der Waals surface area (Å²) in [7, 11) is 1.35. The predicted molar refractivity (Wildman–Crippen MR) is 128 cm³/mol. The second kappa shape index (κ2) is 12.8. The van der Waals surface area contributed by atoms with Gasteiger partial charge in [-0.3, -0.25) is 10.2 Å². The normalized spacial score (nSPS) is 11.8. The highest BCUT2D eigenvalue weighted by Gasteiger charge is 2.25. The van der Waals surface area contributed by atoms with Gasteiger partial charge in [-0.15, -0.1) is 0 Å². The Hall–Kier alpha value is -3.90. The second-order valence-electron chi connectivity index (χ2n) is 7.35. The Kier molecular flexibility index (Phi) is 9.24. The summed E-state index contributed by atoms with van der Waals surface area (Å²) in [5.74, 6) is -0.375. The van der Waals surface area contributed by atoms with Gasteiger partial charge >= 0.3 is 12.1 Å². The van der Waals surface area contributed by atoms with Gasteiger partial charge in [-0.05, 0) is 16.7 Å². The molecule has 0 bridgehead atoms. The molecule has 1 N–H and O–H groups in total. The van der Waals surface area contributed by atoms with E-state index in [0.29, 0.717) is 6.54 Å². The van der Waals surface area contributed by atoms with E-state index in [1.165, 1.54) is 7.11 Å². The van der Waals surface area contributed by atoms with E-state index >= 15 is 0 Å². The minimum absolute atomic E-state index is 0.0681. The number of nitrogens with one attached hydrogen (secondary N) is 1. The molecular formula is C27H28N2O4. The van der Waals surface area contributed by atoms with E-state index in [4.69, 9.17) is 9.47 Å². The molecule has 3 aromatic rings. The summed E-state index contributed by atoms with van der Waals surface area (Å²) in [6, 6.07) is 28.4. The van der Waals surface area contributed by atoms with Crippen molar-refractivity contribution in [3.8, 4) is 0 Å². The van der Waals surface area contributed by atoms with E-state index in [1.807, 2.05) is 103 Å². The molecule has 1 atom stereocenters. The van der Waals surface area contributed by atoms with Gasteiger partial charge in [-0.1, -0.05) is 103 Å². The van der Waals surface area contributed by atoms with Crippen molar-refractivity contribution in [2.45, 2.75) is 19.1 Å². The zero-order valence-electron chi connectivity index (χ0n) is 18.6. The zero-order valence-corrected chi connectivity index (χ0v) is 18.6. The number of nitrogens with zero attached hydrogens (tertiary/aromatic N) is 1. The maximum absolute atomic E-state index is 12.6. The lowest BCUT2D eigenvalue weighted by molar-refractivity contribution is -0.142. The summed E-state index contributed by atoms with van der Waals surface area (Å²) in [6.07, 6.45) is 3.36. The molecule has 0 aromatic heterocycles. The van der Waals surface area contributed by atoms with E-state index in [-0.39, 0.29) is 19.0 Å². The van der Waals surface area contributed by atoms with Crippen LogP contribution in [0.3, 0.4) is 0 Å². The summed E-state index contributed by atoms with van der Waals surface area (Å²) in [5.41, 5.74) is 5.61. The number of hydrogen-bond donors (Lipinski definition) is 1. The highest BCUT2D eigenvalue weighted by Crippen LogP contribution is 2.24. The van der Waals surface area contributed by atoms with Crippen LogP contribution in [0.2, 0.25) is 0 Å². The van der Waals surface area contributed by atoms with Crippen LogP contribution in [0.4, 0.5) is 4.79 Å². The minimum atomic E-state index is -0.599. The lowest BCUT2D eigenvalue weighted by Crippen LogP contribution is -2.45. The largest absolute Gasteiger partial charge is 0.469 e. The topological polar surface area (TPSA) is 67.9 Å². The van der Waals surface area contributed by atoms with Crippen LogP contribution in [0.5, 0.6) is 0 Å². The van der Waals surface area contributed by atoms with Crippen molar-refractivity contribution >= 4 is 18.1 Å². The second-order valence-corrected chi connectivity index (χ2v) is 7.35. The number of benzene rings is 3. The first-order valence-corrected chi connectivity index (χ1v) is 10.7. The SMILES string of the molecule is COC(=O)CC(c1ccccc1)N(C/C=C/c1ccccc1)NC(=O)OCc1ccccc1. The first-order valence-electron chi connectivity index (χ1n) is 10.7. The number of carbonyl (C=O) groups is 2. The van der Waals surface area contributed by atoms with Crippen molar-refractivity contribution in [3.63, 3.8) is 0 Å². The summed E-state index contributed by atoms with van der Waals surface area (Å²) in [6.45, 7) is 0.499. The Morgan fingerprint density at radius 1 is 0.909 bits per heavy atom. The van der Waals surface area contributed by atoms with E-state index in [2.05, 4.69) is 5.43 Å². The number of ether oxygens (including phenoxy) is 2. The Labute approximate surface area is 194 Å². The van der Waals surface area contributed by atoms with Crippen molar-refractivity contribution in [3.05, 3.63) is 114 Å². The molecule has 0 fully saturated rings. The number of esters is 1. The summed E-state index contributed by atoms with van der Waals surface area (Å²) >= 11 is 0. The number of hydrogen-bond acceptors (Lipinski definition) is 5. The standard InChI is InChI=1S/C27H28N2O4/c1-32-26(30)20-25(24-17-9-4-10-18-24)29(19-11-16-22-12-5-2-6-13-22)28-27(31)33-21-23-14-7-3-8-15-23/h2-18,25H,19-21H2,1H3,(H,28,31)/b16-11+. The fourth-order valence-electron chi connectivity index (χ4n) is 3.31. The molecule has 170 valence electrons. The lowest BCUT2D eigenvalue weighted by Gasteiger charge is -2.30. The first kappa shape index (κ1) is 23.8. The average Bonchev–Trinajstić information content (AvgIpc) is 2.87. The van der Waals surface area contributed by atoms with Crippen LogP contribution in [-0.4, -0.2) is 30.7 Å². The van der Waals surface area contributed by atoms with Gasteiger partial charge in [0, 0.05) is 6.54 Å². The van der Waals surface area contributed by atoms with Gasteiger partial charge in [0.2, 0.25) is 0 Å². The van der Waals surface area contributed by atoms with Gasteiger partial charge < -0.3 is 9.47 Å². The molecular weight excluding hydrogens is 416 g/mol. The number of carbonyl (C=O) groups excluding carboxylic acids is 2. The van der Waals surface area contributed by atoms with Crippen LogP contribution in [0.1, 0.15) is 29.2 Å². The van der Waals surface area contributed by atoms with Gasteiger partial charge in [-0.2, -0.15) is 0 Å². The number of methoxy groups -OCH3 is 1. The Morgan fingerprint density at radius 3 is 2.15 bits per heavy atom. The number of hydrazine groups is 1. The van der Waals surface area contributed by atoms with E-state index < -0.39 is 12.1 Å². The van der Waals surface area contributed by atoms with Crippen molar-refractivity contribution < 1.29 is 19.1 Å². The van der Waals surface area contributed by atoms with Gasteiger partial charge in [0.25, 0.3) is 0 Å². The first-order chi connectivity index (χ1) is 16.2. The summed E-state index contributed by atoms with van der Waals surface area (Å²) in [4.78, 5) is 24.8. The van der Waals surface area contributed by atoms with Crippen LogP contribution in [0.15, 0.2) is 97.1 Å². The van der Waals surface area contributed by atoms with E-state index in [0.717, 1.165) is 16.7 Å². The minimum Gasteiger partial charge on any atom is -0.469 e. The molecule has 3 aromatic carbocycles. The van der Waals surface area contributed by atoms with Gasteiger partial charge in [-0.25, -0.2) is 9.80 Å². The zero-order chi connectivity index (χ0) is 23.3. The molecule has 1 unspecified atom stereocenters. The molecule has 1 amide bonds. The molecule has 0 saturated heterocycles. The molecule has 3 rings (SSSR count). The molecule has 0 aliphatic carbocycles. The highest BCUT2D eigenvalue weighted by atomic mass is 16.6. The van der Waals surface area contributed by atoms with Gasteiger partial charge in [0.05, 0.1) is 19.6 Å². The summed E-state index contributed by atoms with van der Waals surface area (Å²) in [5, 5.41) is 1.69. The van der Waals surface area contributed by atoms with E-state index in [1.54, 1.807) is 5.01 Å². The quantitative estimate of drug-likeness (QED) is 0.346. The van der Waals surface area contributed by atoms with Crippen LogP contribution in [0.25, 0.3) is 6.08 Å². The Morgan fingerprint density at radius 2 is 1.52 bits per heavy atom. The molecule has 0 saturated carbocycles. The highest BCUT2D eigenvalue weighted by molar-refractivity contribution is 5.71. The summed E-state index contributed by atoms with van der Waals surface area (Å²) < 4.78 is 10.3. The van der Waals surface area contributed by atoms with Crippen molar-refractivity contribution in [2.24, 2.45) is 0 Å². The van der Waals surface area contributed by atoms with Crippen LogP contribution in [0, 0.1) is 0 Å². The van der Waals surface area contributed by atoms with E-state index in [9.17, 15) is 9.59 Å². The molecule has 0 spiro atoms. The molecule has 33 heavy (non-hydrogen) atoms. The fraction of sp³-hybridized carbons (Fsp3) is 0.185. The molecule has 0 radical (unpaired) electrons. The molecule has 6 nitrogen and oxygen atoms in total. The van der Waals surface area contributed by atoms with Crippen molar-refractivity contribution in [1.82, 2.24) is 10.4 Å². The lowest BCUT2D eigenvalue weighted by atomic mass is 10.0. The van der Waals surface area contributed by atoms with Crippen LogP contribution < -0.4 is 5.43 Å². The molecule has 6 heteroatoms. The maximum Gasteiger partial charge on any atom is 0.422 e. The maximum atomic E-state index is 12.6. The smallest absolute Gasteiger partial charge is 0.422 e. The third kappa shape index (κ3) is 7.94. The molecule has 0 aliphatic heterocycles. The third-order valence-corrected chi connectivity index (χ3v) is 5.01. The molecule has 0 aliphatic rings. The predicted octanol–water partition coefficient (Wildman–Crippen LogP) is 5.15. The third-order valence-electron chi connectivity index (χ3n) is 5.01. The fourth-order valence-corrected chi connectivity index (χ4v) is 3.31. The Bertz CT molecular complexity index is 1020. The Balaban J connectivity index is 1.77. The van der Waals surface area contributed by atoms with Crippen molar-refractivity contribution in [2.75, 3.05) is 13.7 Å². The van der Waals surface area contributed by atoms with Crippen molar-refractivity contribution in [1.29, 1.82) is 0 Å². The van der Waals surface area contributed by atoms with Gasteiger partial charge in [0.15, 0.2) is 0 Å². The number of amides is 1. The molecule has 0 heterocycles. The van der Waals surface area contributed by atoms with Crippen LogP contribution >= 0.6 is 0 Å². The van der Waals surface area contributed by atoms with Crippen LogP contribution in [-0.2, 0) is 20.9 Å². The average molecular weight is 445 g/mol. The van der Waals surface area contributed by atoms with Gasteiger partial charge in [0.1, 0.15) is 6.61 Å².